The van der Waals surface area contributed by atoms with Crippen molar-refractivity contribution < 1.29 is 9.26 Å². The molecule has 0 aliphatic carbocycles. The Balaban J connectivity index is 1.74. The van der Waals surface area contributed by atoms with E-state index < -0.39 is 5.76 Å². The minimum atomic E-state index is -0.591. The maximum absolute atomic E-state index is 11.8. The van der Waals surface area contributed by atoms with Gasteiger partial charge in [0.25, 0.3) is 0 Å². The fourth-order valence-electron chi connectivity index (χ4n) is 1.88. The van der Waals surface area contributed by atoms with Gasteiger partial charge in [-0.2, -0.15) is 0 Å². The van der Waals surface area contributed by atoms with Crippen LogP contribution in [0, 0.1) is 0 Å². The number of benzene rings is 1. The number of rotatable bonds is 5. The van der Waals surface area contributed by atoms with Gasteiger partial charge in [-0.25, -0.2) is 14.8 Å². The molecule has 3 aromatic rings. The van der Waals surface area contributed by atoms with Crippen LogP contribution in [-0.2, 0) is 6.54 Å². The van der Waals surface area contributed by atoms with E-state index in [0.717, 1.165) is 4.47 Å². The summed E-state index contributed by atoms with van der Waals surface area (Å²) in [6.07, 6.45) is 3.13. The van der Waals surface area contributed by atoms with Crippen molar-refractivity contribution in [3.63, 3.8) is 0 Å². The van der Waals surface area contributed by atoms with Gasteiger partial charge in [0.05, 0.1) is 11.0 Å². The van der Waals surface area contributed by atoms with Crippen LogP contribution in [0.4, 0.5) is 0 Å². The zero-order valence-corrected chi connectivity index (χ0v) is 14.0. The van der Waals surface area contributed by atoms with Crippen LogP contribution < -0.4 is 10.5 Å². The van der Waals surface area contributed by atoms with Crippen molar-refractivity contribution in [1.82, 2.24) is 19.7 Å². The Morgan fingerprint density at radius 3 is 2.83 bits per heavy atom. The summed E-state index contributed by atoms with van der Waals surface area (Å²) in [5.74, 6) is 0.600. The smallest absolute Gasteiger partial charge is 0.442 e. The van der Waals surface area contributed by atoms with Gasteiger partial charge in [-0.1, -0.05) is 16.8 Å². The number of hydrogen-bond donors (Lipinski definition) is 0. The lowest BCUT2D eigenvalue weighted by Crippen LogP contribution is -2.20. The molecule has 7 nitrogen and oxygen atoms in total. The predicted octanol–water partition coefficient (Wildman–Crippen LogP) is 2.79. The third kappa shape index (κ3) is 3.59. The average molecular weight is 398 g/mol. The molecule has 0 saturated carbocycles. The Labute approximate surface area is 144 Å². The standard InChI is InChI=1S/C14H10BrClN4O3/c15-10-8-9(16)2-3-11(10)22-7-6-20-13(19-23-14(20)21)12-17-4-1-5-18-12/h1-5,8H,6-7H2. The molecule has 0 radical (unpaired) electrons. The van der Waals surface area contributed by atoms with Crippen molar-refractivity contribution in [1.29, 1.82) is 0 Å². The molecule has 0 N–H and O–H groups in total. The second-order valence-corrected chi connectivity index (χ2v) is 5.71. The van der Waals surface area contributed by atoms with Crippen LogP contribution in [0.25, 0.3) is 11.6 Å². The number of hydrogen-bond acceptors (Lipinski definition) is 6. The van der Waals surface area contributed by atoms with E-state index >= 15 is 0 Å². The number of halogens is 2. The molecule has 2 aromatic heterocycles. The predicted molar refractivity (Wildman–Crippen MR) is 86.4 cm³/mol. The van der Waals surface area contributed by atoms with Gasteiger partial charge in [0.2, 0.25) is 5.82 Å². The molecule has 0 fully saturated rings. The van der Waals surface area contributed by atoms with Crippen molar-refractivity contribution in [2.45, 2.75) is 6.54 Å². The highest BCUT2D eigenvalue weighted by Gasteiger charge is 2.15. The zero-order chi connectivity index (χ0) is 16.2. The number of nitrogens with zero attached hydrogens (tertiary/aromatic N) is 4. The average Bonchev–Trinajstić information content (AvgIpc) is 2.91. The van der Waals surface area contributed by atoms with E-state index in [0.29, 0.717) is 16.6 Å². The Kier molecular flexibility index (Phi) is 4.73. The molecular weight excluding hydrogens is 388 g/mol. The summed E-state index contributed by atoms with van der Waals surface area (Å²) in [6.45, 7) is 0.478. The third-order valence-electron chi connectivity index (χ3n) is 2.92. The Morgan fingerprint density at radius 1 is 1.30 bits per heavy atom. The summed E-state index contributed by atoms with van der Waals surface area (Å²) in [5.41, 5.74) is 0. The van der Waals surface area contributed by atoms with Crippen LogP contribution in [0.2, 0.25) is 5.02 Å². The maximum atomic E-state index is 11.8. The Bertz CT molecular complexity index is 866. The fourth-order valence-corrected chi connectivity index (χ4v) is 2.68. The minimum absolute atomic E-state index is 0.237. The van der Waals surface area contributed by atoms with Crippen LogP contribution in [0.5, 0.6) is 5.75 Å². The van der Waals surface area contributed by atoms with E-state index in [1.165, 1.54) is 4.57 Å². The van der Waals surface area contributed by atoms with E-state index in [1.54, 1.807) is 36.7 Å². The van der Waals surface area contributed by atoms with Crippen LogP contribution in [-0.4, -0.2) is 26.3 Å². The van der Waals surface area contributed by atoms with E-state index in [2.05, 4.69) is 35.6 Å². The molecule has 118 valence electrons. The number of ether oxygens (including phenoxy) is 1. The highest BCUT2D eigenvalue weighted by molar-refractivity contribution is 9.10. The monoisotopic (exact) mass is 396 g/mol. The summed E-state index contributed by atoms with van der Waals surface area (Å²) >= 11 is 9.24. The fraction of sp³-hybridized carbons (Fsp3) is 0.143. The summed E-state index contributed by atoms with van der Waals surface area (Å²) < 4.78 is 12.4. The van der Waals surface area contributed by atoms with Crippen LogP contribution in [0.15, 0.2) is 50.4 Å². The highest BCUT2D eigenvalue weighted by Crippen LogP contribution is 2.27. The molecular formula is C14H10BrClN4O3. The van der Waals surface area contributed by atoms with Crippen molar-refractivity contribution >= 4 is 27.5 Å². The van der Waals surface area contributed by atoms with E-state index in [1.807, 2.05) is 0 Å². The number of aromatic nitrogens is 4. The minimum Gasteiger partial charge on any atom is -0.491 e. The molecule has 3 rings (SSSR count). The summed E-state index contributed by atoms with van der Waals surface area (Å²) in [5, 5.41) is 4.31. The van der Waals surface area contributed by atoms with Crippen molar-refractivity contribution in [3.05, 3.63) is 56.7 Å². The lowest BCUT2D eigenvalue weighted by atomic mass is 10.3. The first kappa shape index (κ1) is 15.7. The Morgan fingerprint density at radius 2 is 2.09 bits per heavy atom. The van der Waals surface area contributed by atoms with Crippen molar-refractivity contribution in [2.24, 2.45) is 0 Å². The van der Waals surface area contributed by atoms with Crippen molar-refractivity contribution in [3.8, 4) is 17.4 Å². The second kappa shape index (κ2) is 6.93. The molecule has 0 unspecified atom stereocenters. The van der Waals surface area contributed by atoms with Gasteiger partial charge < -0.3 is 4.74 Å². The molecule has 9 heteroatoms. The molecule has 0 saturated heterocycles. The van der Waals surface area contributed by atoms with E-state index in [4.69, 9.17) is 16.3 Å². The van der Waals surface area contributed by atoms with Gasteiger partial charge in [0, 0.05) is 17.4 Å². The summed E-state index contributed by atoms with van der Waals surface area (Å²) in [7, 11) is 0. The largest absolute Gasteiger partial charge is 0.491 e. The zero-order valence-electron chi connectivity index (χ0n) is 11.6. The quantitative estimate of drug-likeness (QED) is 0.658. The lowest BCUT2D eigenvalue weighted by Gasteiger charge is -2.09. The van der Waals surface area contributed by atoms with Gasteiger partial charge in [0.15, 0.2) is 5.82 Å². The first-order chi connectivity index (χ1) is 11.1. The molecule has 1 aromatic carbocycles. The molecule has 0 aliphatic rings. The third-order valence-corrected chi connectivity index (χ3v) is 3.77. The first-order valence-corrected chi connectivity index (χ1v) is 7.74. The van der Waals surface area contributed by atoms with E-state index in [-0.39, 0.29) is 19.0 Å². The lowest BCUT2D eigenvalue weighted by molar-refractivity contribution is 0.289. The SMILES string of the molecule is O=c1onc(-c2ncccn2)n1CCOc1ccc(Cl)cc1Br. The van der Waals surface area contributed by atoms with Crippen LogP contribution >= 0.6 is 27.5 Å². The Hall–Kier alpha value is -2.19. The topological polar surface area (TPSA) is 83.0 Å². The van der Waals surface area contributed by atoms with Crippen LogP contribution in [0.3, 0.4) is 0 Å². The van der Waals surface area contributed by atoms with Gasteiger partial charge >= 0.3 is 5.76 Å². The van der Waals surface area contributed by atoms with E-state index in [9.17, 15) is 4.79 Å². The molecule has 23 heavy (non-hydrogen) atoms. The highest BCUT2D eigenvalue weighted by atomic mass is 79.9. The van der Waals surface area contributed by atoms with Crippen LogP contribution in [0.1, 0.15) is 0 Å². The first-order valence-electron chi connectivity index (χ1n) is 6.57. The molecule has 0 amide bonds. The van der Waals surface area contributed by atoms with Crippen molar-refractivity contribution in [2.75, 3.05) is 6.61 Å². The summed E-state index contributed by atoms with van der Waals surface area (Å²) in [6, 6.07) is 6.86. The second-order valence-electron chi connectivity index (χ2n) is 4.42. The van der Waals surface area contributed by atoms with Gasteiger partial charge in [-0.05, 0) is 40.2 Å². The molecule has 0 spiro atoms. The normalized spacial score (nSPS) is 10.7. The molecule has 0 atom stereocenters. The van der Waals surface area contributed by atoms with Gasteiger partial charge in [0.1, 0.15) is 12.4 Å². The molecule has 0 aliphatic heterocycles. The molecule has 2 heterocycles. The molecule has 0 bridgehead atoms. The maximum Gasteiger partial charge on any atom is 0.442 e. The summed E-state index contributed by atoms with van der Waals surface area (Å²) in [4.78, 5) is 19.9. The van der Waals surface area contributed by atoms with Gasteiger partial charge in [-0.3, -0.25) is 9.09 Å². The van der Waals surface area contributed by atoms with Gasteiger partial charge in [-0.15, -0.1) is 0 Å².